The average molecular weight is 267 g/mol. The van der Waals surface area contributed by atoms with Crippen LogP contribution in [0.2, 0.25) is 0 Å². The third kappa shape index (κ3) is 1.91. The molecule has 0 amide bonds. The summed E-state index contributed by atoms with van der Waals surface area (Å²) in [6.45, 7) is 1.79. The van der Waals surface area contributed by atoms with Crippen LogP contribution in [0.4, 0.5) is 19.0 Å². The van der Waals surface area contributed by atoms with Gasteiger partial charge in [0.1, 0.15) is 5.54 Å². The van der Waals surface area contributed by atoms with Crippen molar-refractivity contribution < 1.29 is 13.2 Å². The number of anilines is 1. The van der Waals surface area contributed by atoms with Gasteiger partial charge in [0.05, 0.1) is 5.69 Å². The highest BCUT2D eigenvalue weighted by atomic mass is 19.4. The molecule has 0 aliphatic heterocycles. The van der Waals surface area contributed by atoms with Crippen molar-refractivity contribution in [3.05, 3.63) is 30.0 Å². The molecule has 1 aromatic carbocycles. The molecule has 0 bridgehead atoms. The van der Waals surface area contributed by atoms with Gasteiger partial charge in [-0.3, -0.25) is 0 Å². The van der Waals surface area contributed by atoms with E-state index in [0.29, 0.717) is 11.1 Å². The van der Waals surface area contributed by atoms with Crippen LogP contribution in [0.1, 0.15) is 18.5 Å². The summed E-state index contributed by atoms with van der Waals surface area (Å²) in [4.78, 5) is 0. The number of aryl methyl sites for hydroxylation is 1. The molecule has 0 radical (unpaired) electrons. The van der Waals surface area contributed by atoms with E-state index in [1.54, 1.807) is 19.1 Å². The van der Waals surface area contributed by atoms with Gasteiger partial charge in [-0.1, -0.05) is 24.3 Å². The van der Waals surface area contributed by atoms with Gasteiger partial charge >= 0.3 is 6.18 Å². The second-order valence-electron chi connectivity index (χ2n) is 4.88. The molecular weight excluding hydrogens is 255 g/mol. The molecule has 19 heavy (non-hydrogen) atoms. The lowest BCUT2D eigenvalue weighted by atomic mass is 10.1. The lowest BCUT2D eigenvalue weighted by Crippen LogP contribution is -2.39. The molecule has 1 heterocycles. The number of rotatable bonds is 2. The molecule has 1 saturated carbocycles. The molecule has 0 saturated heterocycles. The maximum atomic E-state index is 13.0. The van der Waals surface area contributed by atoms with Crippen LogP contribution in [-0.2, 0) is 0 Å². The van der Waals surface area contributed by atoms with Crippen molar-refractivity contribution in [3.63, 3.8) is 0 Å². The zero-order valence-electron chi connectivity index (χ0n) is 10.3. The van der Waals surface area contributed by atoms with Crippen LogP contribution in [0.3, 0.4) is 0 Å². The topological polar surface area (TPSA) is 37.8 Å². The SMILES string of the molecule is Cc1nnc(NC2(C(F)(F)F)CC2)c2ccccc12. The Kier molecular flexibility index (Phi) is 2.45. The molecule has 1 fully saturated rings. The maximum absolute atomic E-state index is 13.0. The molecule has 100 valence electrons. The first kappa shape index (κ1) is 12.2. The Labute approximate surface area is 107 Å². The van der Waals surface area contributed by atoms with E-state index in [1.165, 1.54) is 0 Å². The van der Waals surface area contributed by atoms with E-state index >= 15 is 0 Å². The fourth-order valence-corrected chi connectivity index (χ4v) is 2.16. The summed E-state index contributed by atoms with van der Waals surface area (Å²) >= 11 is 0. The van der Waals surface area contributed by atoms with Gasteiger partial charge in [-0.2, -0.15) is 18.3 Å². The number of nitrogens with one attached hydrogen (secondary N) is 1. The standard InChI is InChI=1S/C13H12F3N3/c1-8-9-4-2-3-5-10(9)11(19-18-8)17-12(6-7-12)13(14,15)16/h2-5H,6-7H2,1H3,(H,17,19). The monoisotopic (exact) mass is 267 g/mol. The van der Waals surface area contributed by atoms with E-state index in [2.05, 4.69) is 15.5 Å². The minimum Gasteiger partial charge on any atom is -0.354 e. The molecule has 1 N–H and O–H groups in total. The average Bonchev–Trinajstić information content (AvgIpc) is 3.14. The third-order valence-electron chi connectivity index (χ3n) is 3.52. The number of benzene rings is 1. The highest BCUT2D eigenvalue weighted by Gasteiger charge is 2.63. The van der Waals surface area contributed by atoms with Gasteiger partial charge in [0.2, 0.25) is 0 Å². The maximum Gasteiger partial charge on any atom is 0.411 e. The molecule has 2 aromatic rings. The Bertz CT molecular complexity index is 633. The highest BCUT2D eigenvalue weighted by Crippen LogP contribution is 2.51. The Morgan fingerprint density at radius 1 is 1.11 bits per heavy atom. The summed E-state index contributed by atoms with van der Waals surface area (Å²) in [7, 11) is 0. The predicted octanol–water partition coefficient (Wildman–Crippen LogP) is 3.45. The minimum atomic E-state index is -4.26. The number of nitrogens with zero attached hydrogens (tertiary/aromatic N) is 2. The minimum absolute atomic E-state index is 0.0837. The number of fused-ring (bicyclic) bond motifs is 1. The van der Waals surface area contributed by atoms with Crippen LogP contribution < -0.4 is 5.32 Å². The molecular formula is C13H12F3N3. The smallest absolute Gasteiger partial charge is 0.354 e. The predicted molar refractivity (Wildman–Crippen MR) is 65.9 cm³/mol. The van der Waals surface area contributed by atoms with Crippen molar-refractivity contribution in [2.75, 3.05) is 5.32 Å². The third-order valence-corrected chi connectivity index (χ3v) is 3.52. The summed E-state index contributed by atoms with van der Waals surface area (Å²) in [5.74, 6) is 0.205. The van der Waals surface area contributed by atoms with Gasteiger partial charge in [0, 0.05) is 10.8 Å². The molecule has 0 atom stereocenters. The van der Waals surface area contributed by atoms with Crippen LogP contribution in [0, 0.1) is 6.92 Å². The van der Waals surface area contributed by atoms with Gasteiger partial charge < -0.3 is 5.32 Å². The molecule has 1 aliphatic carbocycles. The Morgan fingerprint density at radius 3 is 2.32 bits per heavy atom. The lowest BCUT2D eigenvalue weighted by Gasteiger charge is -2.21. The van der Waals surface area contributed by atoms with Gasteiger partial charge in [0.25, 0.3) is 0 Å². The van der Waals surface area contributed by atoms with Crippen LogP contribution in [0.15, 0.2) is 24.3 Å². The van der Waals surface area contributed by atoms with Crippen LogP contribution in [0.5, 0.6) is 0 Å². The van der Waals surface area contributed by atoms with Gasteiger partial charge in [-0.15, -0.1) is 5.10 Å². The normalized spacial score (nSPS) is 17.5. The van der Waals surface area contributed by atoms with Gasteiger partial charge in [-0.25, -0.2) is 0 Å². The van der Waals surface area contributed by atoms with Crippen molar-refractivity contribution in [2.45, 2.75) is 31.5 Å². The van der Waals surface area contributed by atoms with E-state index in [1.807, 2.05) is 12.1 Å². The molecule has 1 aliphatic rings. The fourth-order valence-electron chi connectivity index (χ4n) is 2.16. The Morgan fingerprint density at radius 2 is 1.74 bits per heavy atom. The number of alkyl halides is 3. The van der Waals surface area contributed by atoms with Gasteiger partial charge in [0.15, 0.2) is 5.82 Å². The van der Waals surface area contributed by atoms with Crippen LogP contribution >= 0.6 is 0 Å². The number of hydrogen-bond donors (Lipinski definition) is 1. The summed E-state index contributed by atoms with van der Waals surface area (Å²) in [5, 5.41) is 11.8. The zero-order valence-corrected chi connectivity index (χ0v) is 10.3. The highest BCUT2D eigenvalue weighted by molar-refractivity contribution is 5.93. The van der Waals surface area contributed by atoms with Crippen molar-refractivity contribution in [3.8, 4) is 0 Å². The Balaban J connectivity index is 2.06. The molecule has 0 spiro atoms. The van der Waals surface area contributed by atoms with Crippen molar-refractivity contribution in [1.82, 2.24) is 10.2 Å². The lowest BCUT2D eigenvalue weighted by molar-refractivity contribution is -0.151. The number of hydrogen-bond acceptors (Lipinski definition) is 3. The van der Waals surface area contributed by atoms with Gasteiger partial charge in [-0.05, 0) is 19.8 Å². The van der Waals surface area contributed by atoms with Crippen molar-refractivity contribution >= 4 is 16.6 Å². The second kappa shape index (κ2) is 3.82. The molecule has 3 rings (SSSR count). The molecule has 0 unspecified atom stereocenters. The van der Waals surface area contributed by atoms with Crippen LogP contribution in [-0.4, -0.2) is 21.9 Å². The first-order chi connectivity index (χ1) is 8.93. The van der Waals surface area contributed by atoms with Crippen molar-refractivity contribution in [2.24, 2.45) is 0 Å². The second-order valence-corrected chi connectivity index (χ2v) is 4.88. The Hall–Kier alpha value is -1.85. The summed E-state index contributed by atoms with van der Waals surface area (Å²) in [6.07, 6.45) is -4.10. The van der Waals surface area contributed by atoms with Crippen LogP contribution in [0.25, 0.3) is 10.8 Å². The first-order valence-corrected chi connectivity index (χ1v) is 6.00. The summed E-state index contributed by atoms with van der Waals surface area (Å²) < 4.78 is 38.9. The molecule has 1 aromatic heterocycles. The van der Waals surface area contributed by atoms with E-state index in [0.717, 1.165) is 5.39 Å². The van der Waals surface area contributed by atoms with Crippen molar-refractivity contribution in [1.29, 1.82) is 0 Å². The molecule has 6 heteroatoms. The quantitative estimate of drug-likeness (QED) is 0.905. The summed E-state index contributed by atoms with van der Waals surface area (Å²) in [5.41, 5.74) is -1.11. The largest absolute Gasteiger partial charge is 0.411 e. The van der Waals surface area contributed by atoms with E-state index in [4.69, 9.17) is 0 Å². The van der Waals surface area contributed by atoms with E-state index in [-0.39, 0.29) is 18.7 Å². The number of halogens is 3. The van der Waals surface area contributed by atoms with E-state index in [9.17, 15) is 13.2 Å². The number of aromatic nitrogens is 2. The van der Waals surface area contributed by atoms with E-state index < -0.39 is 11.7 Å². The molecule has 3 nitrogen and oxygen atoms in total. The fraction of sp³-hybridized carbons (Fsp3) is 0.385. The first-order valence-electron chi connectivity index (χ1n) is 6.00. The summed E-state index contributed by atoms with van der Waals surface area (Å²) in [6, 6.07) is 7.20. The zero-order chi connectivity index (χ0) is 13.7.